The minimum absolute atomic E-state index is 0.112. The Bertz CT molecular complexity index is 401. The third-order valence-corrected chi connectivity index (χ3v) is 3.67. The van der Waals surface area contributed by atoms with Crippen LogP contribution in [-0.2, 0) is 10.5 Å². The molecule has 0 radical (unpaired) electrons. The molecule has 106 valence electrons. The molecule has 0 aromatic heterocycles. The molecule has 1 atom stereocenters. The first-order valence-corrected chi connectivity index (χ1v) is 7.55. The van der Waals surface area contributed by atoms with Crippen LogP contribution in [0.15, 0.2) is 29.3 Å². The van der Waals surface area contributed by atoms with Gasteiger partial charge in [-0.15, -0.1) is 0 Å². The van der Waals surface area contributed by atoms with Crippen molar-refractivity contribution in [2.45, 2.75) is 38.5 Å². The smallest absolute Gasteiger partial charge is 0.154 e. The minimum Gasteiger partial charge on any atom is -0.382 e. The number of methoxy groups -OCH3 is 1. The van der Waals surface area contributed by atoms with E-state index in [1.54, 1.807) is 18.9 Å². The lowest BCUT2D eigenvalue weighted by Gasteiger charge is -2.08. The van der Waals surface area contributed by atoms with Gasteiger partial charge in [0, 0.05) is 12.9 Å². The number of hydrogen-bond acceptors (Lipinski definition) is 3. The van der Waals surface area contributed by atoms with Crippen molar-refractivity contribution in [2.75, 3.05) is 13.7 Å². The van der Waals surface area contributed by atoms with Gasteiger partial charge in [0.2, 0.25) is 0 Å². The predicted molar refractivity (Wildman–Crippen MR) is 84.8 cm³/mol. The molecule has 0 unspecified atom stereocenters. The van der Waals surface area contributed by atoms with Crippen molar-refractivity contribution in [2.24, 2.45) is 10.7 Å². The number of aliphatic imine (C=N–C) groups is 1. The largest absolute Gasteiger partial charge is 0.382 e. The molecule has 0 aliphatic heterocycles. The first kappa shape index (κ1) is 16.1. The average molecular weight is 280 g/mol. The highest BCUT2D eigenvalue weighted by Crippen LogP contribution is 2.18. The Kier molecular flexibility index (Phi) is 6.95. The Morgan fingerprint density at radius 2 is 1.89 bits per heavy atom. The lowest BCUT2D eigenvalue weighted by molar-refractivity contribution is 0.186. The zero-order chi connectivity index (χ0) is 14.3. The van der Waals surface area contributed by atoms with Gasteiger partial charge in [-0.25, -0.2) is 0 Å². The highest BCUT2D eigenvalue weighted by Gasteiger charge is 2.03. The van der Waals surface area contributed by atoms with Crippen LogP contribution in [0.3, 0.4) is 0 Å². The second-order valence-electron chi connectivity index (χ2n) is 4.96. The molecule has 4 heteroatoms. The van der Waals surface area contributed by atoms with Crippen LogP contribution in [0.2, 0.25) is 0 Å². The van der Waals surface area contributed by atoms with Crippen molar-refractivity contribution in [1.29, 1.82) is 0 Å². The van der Waals surface area contributed by atoms with Crippen molar-refractivity contribution >= 4 is 16.9 Å². The predicted octanol–water partition coefficient (Wildman–Crippen LogP) is 3.39. The van der Waals surface area contributed by atoms with E-state index in [4.69, 9.17) is 10.5 Å². The Balaban J connectivity index is 2.47. The third-order valence-electron chi connectivity index (χ3n) is 2.79. The molecule has 0 saturated carbocycles. The number of hydrogen-bond donors (Lipinski definition) is 1. The van der Waals surface area contributed by atoms with E-state index in [1.807, 2.05) is 6.92 Å². The molecular weight excluding hydrogens is 256 g/mol. The quantitative estimate of drug-likeness (QED) is 0.642. The number of nitrogens with two attached hydrogens (primary N) is 1. The maximum Gasteiger partial charge on any atom is 0.154 e. The van der Waals surface area contributed by atoms with Gasteiger partial charge in [-0.1, -0.05) is 49.9 Å². The SMILES string of the molecule is COC[C@H](C)N=C(N)SCc1ccc(C(C)C)cc1. The van der Waals surface area contributed by atoms with Gasteiger partial charge in [0.1, 0.15) is 0 Å². The number of ether oxygens (including phenoxy) is 1. The number of benzene rings is 1. The highest BCUT2D eigenvalue weighted by molar-refractivity contribution is 8.13. The molecular formula is C15H24N2OS. The fourth-order valence-corrected chi connectivity index (χ4v) is 2.45. The first-order valence-electron chi connectivity index (χ1n) is 6.56. The van der Waals surface area contributed by atoms with E-state index in [-0.39, 0.29) is 6.04 Å². The summed E-state index contributed by atoms with van der Waals surface area (Å²) in [5.41, 5.74) is 8.52. The first-order chi connectivity index (χ1) is 9.02. The zero-order valence-electron chi connectivity index (χ0n) is 12.2. The van der Waals surface area contributed by atoms with Crippen LogP contribution in [-0.4, -0.2) is 24.9 Å². The molecule has 0 fully saturated rings. The molecule has 19 heavy (non-hydrogen) atoms. The van der Waals surface area contributed by atoms with Gasteiger partial charge in [0.15, 0.2) is 5.17 Å². The highest BCUT2D eigenvalue weighted by atomic mass is 32.2. The van der Waals surface area contributed by atoms with E-state index in [2.05, 4.69) is 43.1 Å². The maximum absolute atomic E-state index is 5.89. The van der Waals surface area contributed by atoms with Gasteiger partial charge in [0.05, 0.1) is 12.6 Å². The number of thioether (sulfide) groups is 1. The van der Waals surface area contributed by atoms with Crippen LogP contribution < -0.4 is 5.73 Å². The summed E-state index contributed by atoms with van der Waals surface area (Å²) in [6.07, 6.45) is 0. The van der Waals surface area contributed by atoms with E-state index in [0.717, 1.165) is 5.75 Å². The van der Waals surface area contributed by atoms with Crippen molar-refractivity contribution in [3.05, 3.63) is 35.4 Å². The number of amidine groups is 1. The van der Waals surface area contributed by atoms with Crippen LogP contribution in [0, 0.1) is 0 Å². The average Bonchev–Trinajstić information content (AvgIpc) is 2.37. The molecule has 0 heterocycles. The molecule has 0 saturated heterocycles. The molecule has 0 aliphatic carbocycles. The zero-order valence-corrected chi connectivity index (χ0v) is 13.0. The maximum atomic E-state index is 5.89. The van der Waals surface area contributed by atoms with E-state index < -0.39 is 0 Å². The summed E-state index contributed by atoms with van der Waals surface area (Å²) in [6, 6.07) is 8.80. The minimum atomic E-state index is 0.112. The Hall–Kier alpha value is -1.00. The van der Waals surface area contributed by atoms with E-state index in [0.29, 0.717) is 17.7 Å². The monoisotopic (exact) mass is 280 g/mol. The molecule has 1 aromatic carbocycles. The summed E-state index contributed by atoms with van der Waals surface area (Å²) < 4.78 is 5.03. The molecule has 1 aromatic rings. The Labute approximate surface area is 120 Å². The summed E-state index contributed by atoms with van der Waals surface area (Å²) in [4.78, 5) is 4.36. The molecule has 2 N–H and O–H groups in total. The topological polar surface area (TPSA) is 47.6 Å². The van der Waals surface area contributed by atoms with Crippen LogP contribution >= 0.6 is 11.8 Å². The molecule has 0 bridgehead atoms. The Morgan fingerprint density at radius 1 is 1.26 bits per heavy atom. The number of nitrogens with zero attached hydrogens (tertiary/aromatic N) is 1. The van der Waals surface area contributed by atoms with E-state index in [9.17, 15) is 0 Å². The molecule has 0 spiro atoms. The van der Waals surface area contributed by atoms with Crippen molar-refractivity contribution in [3.63, 3.8) is 0 Å². The van der Waals surface area contributed by atoms with Crippen LogP contribution in [0.5, 0.6) is 0 Å². The second-order valence-corrected chi connectivity index (χ2v) is 5.95. The second kappa shape index (κ2) is 8.23. The van der Waals surface area contributed by atoms with Crippen LogP contribution in [0.4, 0.5) is 0 Å². The summed E-state index contributed by atoms with van der Waals surface area (Å²) in [6.45, 7) is 7.00. The standard InChI is InChI=1S/C15H24N2OS/c1-11(2)14-7-5-13(6-8-14)10-19-15(16)17-12(3)9-18-4/h5-8,11-12H,9-10H2,1-4H3,(H2,16,17)/t12-/m0/s1. The van der Waals surface area contributed by atoms with E-state index >= 15 is 0 Å². The van der Waals surface area contributed by atoms with Crippen molar-refractivity contribution in [3.8, 4) is 0 Å². The van der Waals surface area contributed by atoms with E-state index in [1.165, 1.54) is 11.1 Å². The fourth-order valence-electron chi connectivity index (χ4n) is 1.69. The summed E-state index contributed by atoms with van der Waals surface area (Å²) in [7, 11) is 1.67. The normalized spacial score (nSPS) is 13.8. The van der Waals surface area contributed by atoms with Crippen molar-refractivity contribution in [1.82, 2.24) is 0 Å². The molecule has 0 aliphatic rings. The van der Waals surface area contributed by atoms with Gasteiger partial charge in [-0.05, 0) is 24.0 Å². The van der Waals surface area contributed by atoms with Crippen LogP contribution in [0.1, 0.15) is 37.8 Å². The summed E-state index contributed by atoms with van der Waals surface area (Å²) in [5, 5.41) is 0.623. The number of rotatable bonds is 6. The third kappa shape index (κ3) is 6.12. The van der Waals surface area contributed by atoms with Crippen LogP contribution in [0.25, 0.3) is 0 Å². The van der Waals surface area contributed by atoms with Gasteiger partial charge >= 0.3 is 0 Å². The van der Waals surface area contributed by atoms with Gasteiger partial charge in [-0.3, -0.25) is 4.99 Å². The lowest BCUT2D eigenvalue weighted by Crippen LogP contribution is -2.15. The van der Waals surface area contributed by atoms with Crippen molar-refractivity contribution < 1.29 is 4.74 Å². The summed E-state index contributed by atoms with van der Waals surface area (Å²) in [5.74, 6) is 1.43. The van der Waals surface area contributed by atoms with Gasteiger partial charge in [-0.2, -0.15) is 0 Å². The molecule has 3 nitrogen and oxygen atoms in total. The van der Waals surface area contributed by atoms with Gasteiger partial charge in [0.25, 0.3) is 0 Å². The molecule has 0 amide bonds. The molecule has 1 rings (SSSR count). The van der Waals surface area contributed by atoms with Gasteiger partial charge < -0.3 is 10.5 Å². The Morgan fingerprint density at radius 3 is 2.42 bits per heavy atom. The summed E-state index contributed by atoms with van der Waals surface area (Å²) >= 11 is 1.57. The lowest BCUT2D eigenvalue weighted by atomic mass is 10.0. The fraction of sp³-hybridized carbons (Fsp3) is 0.533.